The van der Waals surface area contributed by atoms with E-state index in [9.17, 15) is 0 Å². The van der Waals surface area contributed by atoms with Gasteiger partial charge in [0.25, 0.3) is 0 Å². The van der Waals surface area contributed by atoms with E-state index in [1.807, 2.05) is 0 Å². The van der Waals surface area contributed by atoms with Crippen LogP contribution in [-0.4, -0.2) is 0 Å². The topological polar surface area (TPSA) is 38.0 Å². The van der Waals surface area contributed by atoms with Crippen LogP contribution >= 0.6 is 33.9 Å². The highest BCUT2D eigenvalue weighted by molar-refractivity contribution is 14.1. The molecule has 0 fully saturated rings. The Morgan fingerprint density at radius 1 is 1.79 bits per heavy atom. The number of hydrogen-bond acceptors (Lipinski definition) is 3. The number of nitrogens with two attached hydrogens (primary N) is 1. The van der Waals surface area contributed by atoms with Crippen LogP contribution in [0.15, 0.2) is 23.6 Å². The molecule has 0 aliphatic heterocycles. The number of hydrogen-bond donors (Lipinski definition) is 2. The zero-order chi connectivity index (χ0) is 10.6. The van der Waals surface area contributed by atoms with Gasteiger partial charge in [0, 0.05) is 0 Å². The molecule has 1 rings (SSSR count). The van der Waals surface area contributed by atoms with Crippen molar-refractivity contribution in [2.24, 2.45) is 5.84 Å². The molecule has 2 nitrogen and oxygen atoms in total. The fraction of sp³-hybridized carbons (Fsp3) is 0.400. The highest BCUT2D eigenvalue weighted by Crippen LogP contribution is 2.26. The summed E-state index contributed by atoms with van der Waals surface area (Å²) in [6.45, 7) is 6.12. The van der Waals surface area contributed by atoms with Crippen molar-refractivity contribution in [1.29, 1.82) is 0 Å². The second-order valence-electron chi connectivity index (χ2n) is 3.21. The molecular weight excluding hydrogens is 307 g/mol. The first-order valence-electron chi connectivity index (χ1n) is 4.54. The normalized spacial score (nSPS) is 12.8. The molecule has 1 aromatic heterocycles. The summed E-state index contributed by atoms with van der Waals surface area (Å²) in [5, 5.41) is 2.15. The minimum atomic E-state index is 0.210. The second kappa shape index (κ2) is 5.85. The minimum absolute atomic E-state index is 0.210. The average Bonchev–Trinajstić information content (AvgIpc) is 2.60. The van der Waals surface area contributed by atoms with E-state index in [1.54, 1.807) is 11.3 Å². The third kappa shape index (κ3) is 3.34. The molecule has 0 amide bonds. The number of nitrogens with one attached hydrogen (secondary N) is 1. The van der Waals surface area contributed by atoms with Crippen LogP contribution in [0.5, 0.6) is 0 Å². The first kappa shape index (κ1) is 12.2. The maximum Gasteiger partial charge on any atom is 0.0656 e. The van der Waals surface area contributed by atoms with Gasteiger partial charge in [-0.2, -0.15) is 0 Å². The lowest BCUT2D eigenvalue weighted by Gasteiger charge is -2.15. The van der Waals surface area contributed by atoms with Crippen LogP contribution < -0.4 is 11.3 Å². The molecule has 0 saturated heterocycles. The number of halogens is 1. The summed E-state index contributed by atoms with van der Waals surface area (Å²) in [6.07, 6.45) is 1.93. The molecule has 0 radical (unpaired) electrons. The second-order valence-corrected chi connectivity index (χ2v) is 6.02. The SMILES string of the molecule is C=C(CC)CC(NN)c1csc(I)c1. The van der Waals surface area contributed by atoms with Crippen LogP contribution in [0.1, 0.15) is 31.4 Å². The van der Waals surface area contributed by atoms with E-state index < -0.39 is 0 Å². The van der Waals surface area contributed by atoms with Crippen LogP contribution in [0, 0.1) is 2.88 Å². The van der Waals surface area contributed by atoms with Crippen molar-refractivity contribution >= 4 is 33.9 Å². The summed E-state index contributed by atoms with van der Waals surface area (Å²) >= 11 is 4.07. The molecule has 1 atom stereocenters. The lowest BCUT2D eigenvalue weighted by molar-refractivity contribution is 0.546. The predicted octanol–water partition coefficient (Wildman–Crippen LogP) is 3.21. The molecule has 3 N–H and O–H groups in total. The van der Waals surface area contributed by atoms with Crippen LogP contribution in [0.25, 0.3) is 0 Å². The summed E-state index contributed by atoms with van der Waals surface area (Å²) in [5.41, 5.74) is 5.33. The van der Waals surface area contributed by atoms with Gasteiger partial charge in [-0.3, -0.25) is 11.3 Å². The van der Waals surface area contributed by atoms with Gasteiger partial charge in [-0.15, -0.1) is 11.3 Å². The summed E-state index contributed by atoms with van der Waals surface area (Å²) in [4.78, 5) is 0. The standard InChI is InChI=1S/C10H15IN2S/c1-3-7(2)4-9(13-12)8-5-10(11)14-6-8/h5-6,9,13H,2-4,12H2,1H3. The van der Waals surface area contributed by atoms with Gasteiger partial charge in [0.2, 0.25) is 0 Å². The molecule has 0 bridgehead atoms. The van der Waals surface area contributed by atoms with E-state index >= 15 is 0 Å². The van der Waals surface area contributed by atoms with Gasteiger partial charge in [0.15, 0.2) is 0 Å². The molecule has 0 saturated carbocycles. The first-order valence-corrected chi connectivity index (χ1v) is 6.50. The van der Waals surface area contributed by atoms with Gasteiger partial charge in [0.1, 0.15) is 0 Å². The van der Waals surface area contributed by atoms with Crippen molar-refractivity contribution in [2.45, 2.75) is 25.8 Å². The molecule has 0 spiro atoms. The zero-order valence-electron chi connectivity index (χ0n) is 8.22. The summed E-state index contributed by atoms with van der Waals surface area (Å²) in [5.74, 6) is 5.53. The van der Waals surface area contributed by atoms with E-state index in [-0.39, 0.29) is 6.04 Å². The lowest BCUT2D eigenvalue weighted by atomic mass is 10.0. The van der Waals surface area contributed by atoms with Crippen molar-refractivity contribution in [3.63, 3.8) is 0 Å². The fourth-order valence-electron chi connectivity index (χ4n) is 1.21. The number of thiophene rings is 1. The predicted molar refractivity (Wildman–Crippen MR) is 71.1 cm³/mol. The highest BCUT2D eigenvalue weighted by atomic mass is 127. The van der Waals surface area contributed by atoms with Gasteiger partial charge in [-0.1, -0.05) is 19.1 Å². The van der Waals surface area contributed by atoms with E-state index in [4.69, 9.17) is 5.84 Å². The van der Waals surface area contributed by atoms with Crippen LogP contribution in [0.3, 0.4) is 0 Å². The van der Waals surface area contributed by atoms with Crippen molar-refractivity contribution in [3.8, 4) is 0 Å². The minimum Gasteiger partial charge on any atom is -0.271 e. The van der Waals surface area contributed by atoms with E-state index in [0.29, 0.717) is 0 Å². The molecule has 1 unspecified atom stereocenters. The Labute approximate surface area is 103 Å². The van der Waals surface area contributed by atoms with Crippen molar-refractivity contribution in [1.82, 2.24) is 5.43 Å². The molecule has 0 aliphatic carbocycles. The van der Waals surface area contributed by atoms with Gasteiger partial charge in [-0.25, -0.2) is 0 Å². The van der Waals surface area contributed by atoms with Crippen LogP contribution in [0.4, 0.5) is 0 Å². The molecule has 1 aromatic rings. The third-order valence-corrected chi connectivity index (χ3v) is 3.99. The summed E-state index contributed by atoms with van der Waals surface area (Å²) in [6, 6.07) is 2.38. The first-order chi connectivity index (χ1) is 6.67. The van der Waals surface area contributed by atoms with Gasteiger partial charge in [0.05, 0.1) is 8.93 Å². The van der Waals surface area contributed by atoms with E-state index in [2.05, 4.69) is 53.0 Å². The molecule has 0 aliphatic rings. The quantitative estimate of drug-likeness (QED) is 0.378. The van der Waals surface area contributed by atoms with Crippen LogP contribution in [-0.2, 0) is 0 Å². The van der Waals surface area contributed by atoms with Gasteiger partial charge >= 0.3 is 0 Å². The van der Waals surface area contributed by atoms with Gasteiger partial charge in [-0.05, 0) is 52.4 Å². The van der Waals surface area contributed by atoms with Crippen LogP contribution in [0.2, 0.25) is 0 Å². The average molecular weight is 322 g/mol. The molecular formula is C10H15IN2S. The Morgan fingerprint density at radius 3 is 2.93 bits per heavy atom. The van der Waals surface area contributed by atoms with E-state index in [0.717, 1.165) is 12.8 Å². The zero-order valence-corrected chi connectivity index (χ0v) is 11.2. The molecule has 1 heterocycles. The fourth-order valence-corrected chi connectivity index (χ4v) is 2.64. The van der Waals surface area contributed by atoms with Crippen molar-refractivity contribution in [3.05, 3.63) is 32.0 Å². The molecule has 0 aromatic carbocycles. The summed E-state index contributed by atoms with van der Waals surface area (Å²) in [7, 11) is 0. The smallest absolute Gasteiger partial charge is 0.0656 e. The van der Waals surface area contributed by atoms with Crippen molar-refractivity contribution in [2.75, 3.05) is 0 Å². The van der Waals surface area contributed by atoms with E-state index in [1.165, 1.54) is 14.0 Å². The largest absolute Gasteiger partial charge is 0.271 e. The Hall–Kier alpha value is 0.0900. The maximum atomic E-state index is 5.53. The maximum absolute atomic E-state index is 5.53. The Bertz CT molecular complexity index is 309. The lowest BCUT2D eigenvalue weighted by Crippen LogP contribution is -2.27. The molecule has 78 valence electrons. The van der Waals surface area contributed by atoms with Crippen molar-refractivity contribution < 1.29 is 0 Å². The Morgan fingerprint density at radius 2 is 2.50 bits per heavy atom. The van der Waals surface area contributed by atoms with Gasteiger partial charge < -0.3 is 0 Å². The monoisotopic (exact) mass is 322 g/mol. The summed E-state index contributed by atoms with van der Waals surface area (Å²) < 4.78 is 1.29. The Balaban J connectivity index is 2.67. The number of rotatable bonds is 5. The third-order valence-electron chi connectivity index (χ3n) is 2.18. The number of hydrazine groups is 1. The Kier molecular flexibility index (Phi) is 5.08. The molecule has 14 heavy (non-hydrogen) atoms. The highest BCUT2D eigenvalue weighted by Gasteiger charge is 2.11. The molecule has 4 heteroatoms.